The Hall–Kier alpha value is -1.29. The first-order valence-electron chi connectivity index (χ1n) is 5.42. The highest BCUT2D eigenvalue weighted by Gasteiger charge is 2.19. The lowest BCUT2D eigenvalue weighted by Crippen LogP contribution is -2.39. The maximum atomic E-state index is 11.6. The largest absolute Gasteiger partial charge is 0.464 e. The summed E-state index contributed by atoms with van der Waals surface area (Å²) in [5.74, 6) is 1.55. The zero-order chi connectivity index (χ0) is 12.3. The van der Waals surface area contributed by atoms with Crippen molar-refractivity contribution >= 4 is 5.91 Å². The van der Waals surface area contributed by atoms with Crippen LogP contribution in [0.5, 0.6) is 0 Å². The van der Waals surface area contributed by atoms with E-state index in [4.69, 9.17) is 10.2 Å². The third-order valence-corrected chi connectivity index (χ3v) is 2.18. The molecule has 1 atom stereocenters. The first-order chi connectivity index (χ1) is 7.28. The molecule has 0 bridgehead atoms. The average Bonchev–Trinajstić information content (AvgIpc) is 2.47. The smallest absolute Gasteiger partial charge is 0.222 e. The van der Waals surface area contributed by atoms with Crippen LogP contribution in [0.25, 0.3) is 0 Å². The first kappa shape index (κ1) is 12.8. The molecule has 0 fully saturated rings. The second-order valence-corrected chi connectivity index (χ2v) is 4.90. The molecule has 1 aromatic rings. The minimum Gasteiger partial charge on any atom is -0.464 e. The molecule has 1 unspecified atom stereocenters. The van der Waals surface area contributed by atoms with Gasteiger partial charge in [0.15, 0.2) is 0 Å². The van der Waals surface area contributed by atoms with Gasteiger partial charge in [0.1, 0.15) is 11.5 Å². The van der Waals surface area contributed by atoms with E-state index in [0.29, 0.717) is 6.42 Å². The molecule has 1 amide bonds. The number of carbonyl (C=O) groups is 1. The van der Waals surface area contributed by atoms with Crippen LogP contribution in [0.1, 0.15) is 44.8 Å². The number of amides is 1. The SMILES string of the molecule is Cc1ccc(C(C)NC(=O)CC(C)(C)N)o1. The van der Waals surface area contributed by atoms with E-state index in [2.05, 4.69) is 5.32 Å². The second-order valence-electron chi connectivity index (χ2n) is 4.90. The van der Waals surface area contributed by atoms with Crippen LogP contribution in [0.15, 0.2) is 16.5 Å². The minimum atomic E-state index is -0.483. The van der Waals surface area contributed by atoms with Gasteiger partial charge in [-0.05, 0) is 39.8 Å². The molecule has 0 aliphatic heterocycles. The molecule has 1 aromatic heterocycles. The van der Waals surface area contributed by atoms with Crippen molar-refractivity contribution < 1.29 is 9.21 Å². The van der Waals surface area contributed by atoms with Crippen LogP contribution in [-0.2, 0) is 4.79 Å². The van der Waals surface area contributed by atoms with Crippen molar-refractivity contribution in [3.05, 3.63) is 23.7 Å². The van der Waals surface area contributed by atoms with Crippen LogP contribution in [0.3, 0.4) is 0 Å². The highest BCUT2D eigenvalue weighted by atomic mass is 16.3. The Labute approximate surface area is 96.2 Å². The van der Waals surface area contributed by atoms with Gasteiger partial charge in [-0.25, -0.2) is 0 Å². The van der Waals surface area contributed by atoms with E-state index in [9.17, 15) is 4.79 Å². The summed E-state index contributed by atoms with van der Waals surface area (Å²) in [4.78, 5) is 11.6. The number of furan rings is 1. The lowest BCUT2D eigenvalue weighted by Gasteiger charge is -2.19. The Kier molecular flexibility index (Phi) is 3.75. The fraction of sp³-hybridized carbons (Fsp3) is 0.583. The topological polar surface area (TPSA) is 68.3 Å². The average molecular weight is 224 g/mol. The first-order valence-corrected chi connectivity index (χ1v) is 5.42. The molecule has 0 spiro atoms. The molecule has 0 aliphatic carbocycles. The summed E-state index contributed by atoms with van der Waals surface area (Å²) >= 11 is 0. The van der Waals surface area contributed by atoms with Crippen LogP contribution < -0.4 is 11.1 Å². The van der Waals surface area contributed by atoms with E-state index in [-0.39, 0.29) is 11.9 Å². The molecule has 0 aliphatic rings. The van der Waals surface area contributed by atoms with Crippen molar-refractivity contribution in [1.29, 1.82) is 0 Å². The van der Waals surface area contributed by atoms with Crippen LogP contribution >= 0.6 is 0 Å². The van der Waals surface area contributed by atoms with Gasteiger partial charge in [-0.2, -0.15) is 0 Å². The van der Waals surface area contributed by atoms with Crippen molar-refractivity contribution in [3.63, 3.8) is 0 Å². The maximum Gasteiger partial charge on any atom is 0.222 e. The number of hydrogen-bond donors (Lipinski definition) is 2. The molecule has 0 radical (unpaired) electrons. The quantitative estimate of drug-likeness (QED) is 0.820. The van der Waals surface area contributed by atoms with Crippen LogP contribution in [0.4, 0.5) is 0 Å². The molecular weight excluding hydrogens is 204 g/mol. The Morgan fingerprint density at radius 3 is 2.62 bits per heavy atom. The summed E-state index contributed by atoms with van der Waals surface area (Å²) in [6, 6.07) is 3.63. The van der Waals surface area contributed by atoms with Gasteiger partial charge in [-0.1, -0.05) is 0 Å². The number of hydrogen-bond acceptors (Lipinski definition) is 3. The maximum absolute atomic E-state index is 11.6. The Morgan fingerprint density at radius 2 is 2.19 bits per heavy atom. The monoisotopic (exact) mass is 224 g/mol. The summed E-state index contributed by atoms with van der Waals surface area (Å²) in [6.45, 7) is 7.42. The molecule has 1 rings (SSSR count). The van der Waals surface area contributed by atoms with Crippen molar-refractivity contribution in [2.75, 3.05) is 0 Å². The van der Waals surface area contributed by atoms with Gasteiger partial charge in [0.25, 0.3) is 0 Å². The Morgan fingerprint density at radius 1 is 1.56 bits per heavy atom. The number of rotatable bonds is 4. The van der Waals surface area contributed by atoms with E-state index in [1.54, 1.807) is 0 Å². The molecule has 90 valence electrons. The molecule has 0 saturated heterocycles. The third-order valence-electron chi connectivity index (χ3n) is 2.18. The van der Waals surface area contributed by atoms with Gasteiger partial charge in [0.2, 0.25) is 5.91 Å². The van der Waals surface area contributed by atoms with Crippen molar-refractivity contribution in [1.82, 2.24) is 5.32 Å². The predicted molar refractivity (Wildman–Crippen MR) is 62.9 cm³/mol. The summed E-state index contributed by atoms with van der Waals surface area (Å²) in [5, 5.41) is 2.85. The Bertz CT molecular complexity index is 363. The summed E-state index contributed by atoms with van der Waals surface area (Å²) in [5.41, 5.74) is 5.29. The predicted octanol–water partition coefficient (Wildman–Crippen LogP) is 1.89. The van der Waals surface area contributed by atoms with E-state index in [1.807, 2.05) is 39.8 Å². The summed E-state index contributed by atoms with van der Waals surface area (Å²) in [6.07, 6.45) is 0.303. The molecule has 4 nitrogen and oxygen atoms in total. The lowest BCUT2D eigenvalue weighted by atomic mass is 10.0. The van der Waals surface area contributed by atoms with Crippen LogP contribution in [0, 0.1) is 6.92 Å². The normalized spacial score (nSPS) is 13.6. The molecule has 0 saturated carbocycles. The van der Waals surface area contributed by atoms with E-state index in [0.717, 1.165) is 11.5 Å². The van der Waals surface area contributed by atoms with Crippen molar-refractivity contribution in [2.24, 2.45) is 5.73 Å². The van der Waals surface area contributed by atoms with Crippen molar-refractivity contribution in [2.45, 2.75) is 45.7 Å². The lowest BCUT2D eigenvalue weighted by molar-refractivity contribution is -0.122. The highest BCUT2D eigenvalue weighted by Crippen LogP contribution is 2.16. The van der Waals surface area contributed by atoms with Gasteiger partial charge >= 0.3 is 0 Å². The van der Waals surface area contributed by atoms with Gasteiger partial charge in [-0.15, -0.1) is 0 Å². The van der Waals surface area contributed by atoms with E-state index < -0.39 is 5.54 Å². The number of nitrogens with one attached hydrogen (secondary N) is 1. The van der Waals surface area contributed by atoms with Gasteiger partial charge in [-0.3, -0.25) is 4.79 Å². The van der Waals surface area contributed by atoms with Crippen LogP contribution in [0.2, 0.25) is 0 Å². The molecule has 1 heterocycles. The Balaban J connectivity index is 2.52. The molecule has 4 heteroatoms. The van der Waals surface area contributed by atoms with Crippen LogP contribution in [-0.4, -0.2) is 11.4 Å². The van der Waals surface area contributed by atoms with E-state index >= 15 is 0 Å². The molecule has 16 heavy (non-hydrogen) atoms. The van der Waals surface area contributed by atoms with E-state index in [1.165, 1.54) is 0 Å². The molecular formula is C12H20N2O2. The number of carbonyl (C=O) groups excluding carboxylic acids is 1. The summed E-state index contributed by atoms with van der Waals surface area (Å²) < 4.78 is 5.43. The zero-order valence-corrected chi connectivity index (χ0v) is 10.3. The van der Waals surface area contributed by atoms with Gasteiger partial charge in [0.05, 0.1) is 6.04 Å². The summed E-state index contributed by atoms with van der Waals surface area (Å²) in [7, 11) is 0. The third kappa shape index (κ3) is 4.06. The number of aryl methyl sites for hydroxylation is 1. The second kappa shape index (κ2) is 4.70. The zero-order valence-electron chi connectivity index (χ0n) is 10.3. The molecule has 0 aromatic carbocycles. The fourth-order valence-corrected chi connectivity index (χ4v) is 1.46. The van der Waals surface area contributed by atoms with Gasteiger partial charge in [0, 0.05) is 12.0 Å². The fourth-order valence-electron chi connectivity index (χ4n) is 1.46. The minimum absolute atomic E-state index is 0.0611. The number of nitrogens with two attached hydrogens (primary N) is 1. The molecule has 3 N–H and O–H groups in total. The highest BCUT2D eigenvalue weighted by molar-refractivity contribution is 5.77. The van der Waals surface area contributed by atoms with Gasteiger partial charge < -0.3 is 15.5 Å². The van der Waals surface area contributed by atoms with Crippen molar-refractivity contribution in [3.8, 4) is 0 Å². The standard InChI is InChI=1S/C12H20N2O2/c1-8-5-6-10(16-8)9(2)14-11(15)7-12(3,4)13/h5-6,9H,7,13H2,1-4H3,(H,14,15).